The topological polar surface area (TPSA) is 23.6 Å². The number of nitrogens with zero attached hydrogens (tertiary/aromatic N) is 2. The van der Waals surface area contributed by atoms with Gasteiger partial charge in [0.15, 0.2) is 0 Å². The minimum absolute atomic E-state index is 0.196. The number of thiophene rings is 1. The van der Waals surface area contributed by atoms with Crippen LogP contribution >= 0.6 is 11.3 Å². The Kier molecular flexibility index (Phi) is 4.42. The van der Waals surface area contributed by atoms with Crippen molar-refractivity contribution in [2.24, 2.45) is 5.41 Å². The van der Waals surface area contributed by atoms with Crippen LogP contribution in [0.2, 0.25) is 0 Å². The molecular formula is C21H26N2OS. The van der Waals surface area contributed by atoms with E-state index in [9.17, 15) is 4.79 Å². The number of benzene rings is 1. The monoisotopic (exact) mass is 354 g/mol. The third-order valence-electron chi connectivity index (χ3n) is 6.02. The van der Waals surface area contributed by atoms with E-state index in [0.717, 1.165) is 39.0 Å². The van der Waals surface area contributed by atoms with Crippen LogP contribution < -0.4 is 0 Å². The predicted molar refractivity (Wildman–Crippen MR) is 103 cm³/mol. The summed E-state index contributed by atoms with van der Waals surface area (Å²) in [5.74, 6) is 0.685. The summed E-state index contributed by atoms with van der Waals surface area (Å²) < 4.78 is 0. The second-order valence-electron chi connectivity index (χ2n) is 7.59. The van der Waals surface area contributed by atoms with Gasteiger partial charge in [0, 0.05) is 35.8 Å². The summed E-state index contributed by atoms with van der Waals surface area (Å²) in [5.41, 5.74) is 1.13. The molecule has 0 unspecified atom stereocenters. The average Bonchev–Trinajstić information content (AvgIpc) is 3.14. The van der Waals surface area contributed by atoms with Crippen molar-refractivity contribution in [3.8, 4) is 0 Å². The Hall–Kier alpha value is -1.65. The molecule has 1 aromatic heterocycles. The van der Waals surface area contributed by atoms with Gasteiger partial charge < -0.3 is 4.90 Å². The Morgan fingerprint density at radius 3 is 2.48 bits per heavy atom. The van der Waals surface area contributed by atoms with Crippen molar-refractivity contribution in [3.63, 3.8) is 0 Å². The lowest BCUT2D eigenvalue weighted by atomic mass is 9.68. The fourth-order valence-corrected chi connectivity index (χ4v) is 5.57. The van der Waals surface area contributed by atoms with E-state index in [-0.39, 0.29) is 5.41 Å². The zero-order valence-corrected chi connectivity index (χ0v) is 15.9. The van der Waals surface area contributed by atoms with Gasteiger partial charge in [-0.2, -0.15) is 0 Å². The minimum atomic E-state index is -0.196. The van der Waals surface area contributed by atoms with E-state index in [1.807, 2.05) is 23.3 Å². The maximum Gasteiger partial charge on any atom is 0.229 e. The minimum Gasteiger partial charge on any atom is -0.345 e. The summed E-state index contributed by atoms with van der Waals surface area (Å²) in [4.78, 5) is 20.3. The van der Waals surface area contributed by atoms with Crippen LogP contribution in [0, 0.1) is 12.3 Å². The van der Waals surface area contributed by atoms with E-state index in [4.69, 9.17) is 0 Å². The van der Waals surface area contributed by atoms with E-state index in [2.05, 4.69) is 54.3 Å². The number of carbonyl (C=O) groups is 1. The molecule has 25 heavy (non-hydrogen) atoms. The van der Waals surface area contributed by atoms with Gasteiger partial charge in [-0.1, -0.05) is 30.3 Å². The zero-order valence-electron chi connectivity index (χ0n) is 15.1. The predicted octanol–water partition coefficient (Wildman–Crippen LogP) is 3.89. The second kappa shape index (κ2) is 6.58. The van der Waals surface area contributed by atoms with Crippen LogP contribution in [-0.4, -0.2) is 42.4 Å². The van der Waals surface area contributed by atoms with Crippen LogP contribution in [0.4, 0.5) is 0 Å². The zero-order chi connectivity index (χ0) is 17.4. The van der Waals surface area contributed by atoms with Crippen LogP contribution in [0.25, 0.3) is 0 Å². The molecule has 0 bridgehead atoms. The Bertz CT molecular complexity index is 746. The first-order valence-corrected chi connectivity index (χ1v) is 9.98. The van der Waals surface area contributed by atoms with E-state index in [0.29, 0.717) is 11.8 Å². The number of rotatable bonds is 3. The van der Waals surface area contributed by atoms with Gasteiger partial charge in [-0.15, -0.1) is 11.3 Å². The van der Waals surface area contributed by atoms with Crippen LogP contribution in [0.15, 0.2) is 42.5 Å². The van der Waals surface area contributed by atoms with Gasteiger partial charge in [0.05, 0.1) is 5.41 Å². The van der Waals surface area contributed by atoms with Crippen molar-refractivity contribution >= 4 is 17.2 Å². The summed E-state index contributed by atoms with van der Waals surface area (Å²) >= 11 is 1.89. The summed E-state index contributed by atoms with van der Waals surface area (Å²) in [7, 11) is 1.97. The smallest absolute Gasteiger partial charge is 0.229 e. The molecule has 3 nitrogen and oxygen atoms in total. The Morgan fingerprint density at radius 1 is 1.12 bits per heavy atom. The molecule has 1 amide bonds. The number of piperidine rings is 1. The van der Waals surface area contributed by atoms with E-state index in [1.165, 1.54) is 15.3 Å². The maximum absolute atomic E-state index is 13.0. The normalized spacial score (nSPS) is 23.5. The number of aryl methyl sites for hydroxylation is 1. The largest absolute Gasteiger partial charge is 0.345 e. The number of likely N-dealkylation sites (N-methyl/N-ethyl adjacent to an activating group) is 1. The molecule has 2 aliphatic rings. The van der Waals surface area contributed by atoms with Crippen molar-refractivity contribution in [1.82, 2.24) is 9.80 Å². The van der Waals surface area contributed by atoms with Crippen molar-refractivity contribution in [2.75, 3.05) is 26.7 Å². The third kappa shape index (κ3) is 3.02. The molecular weight excluding hydrogens is 328 g/mol. The van der Waals surface area contributed by atoms with Gasteiger partial charge in [-0.25, -0.2) is 0 Å². The van der Waals surface area contributed by atoms with Crippen molar-refractivity contribution in [2.45, 2.75) is 32.2 Å². The lowest BCUT2D eigenvalue weighted by molar-refractivity contribution is -0.137. The van der Waals surface area contributed by atoms with Gasteiger partial charge in [0.2, 0.25) is 5.91 Å². The molecule has 4 heteroatoms. The highest BCUT2D eigenvalue weighted by Crippen LogP contribution is 2.50. The number of amides is 1. The number of carbonyl (C=O) groups excluding carboxylic acids is 1. The molecule has 2 aromatic rings. The average molecular weight is 355 g/mol. The van der Waals surface area contributed by atoms with Gasteiger partial charge in [0.25, 0.3) is 0 Å². The van der Waals surface area contributed by atoms with Crippen LogP contribution in [0.3, 0.4) is 0 Å². The van der Waals surface area contributed by atoms with Crippen molar-refractivity contribution < 1.29 is 4.79 Å². The number of hydrogen-bond donors (Lipinski definition) is 0. The molecule has 2 fully saturated rings. The van der Waals surface area contributed by atoms with Crippen LogP contribution in [0.5, 0.6) is 0 Å². The van der Waals surface area contributed by atoms with Gasteiger partial charge in [-0.05, 0) is 50.6 Å². The first-order valence-electron chi connectivity index (χ1n) is 9.17. The van der Waals surface area contributed by atoms with Crippen LogP contribution in [-0.2, 0) is 11.3 Å². The SMILES string of the molecule is Cc1ccc(CN2CCC3(CC2)C(=O)N(C)C[C@@H]3c2ccccc2)s1. The number of likely N-dealkylation sites (tertiary alicyclic amines) is 2. The Morgan fingerprint density at radius 2 is 1.84 bits per heavy atom. The van der Waals surface area contributed by atoms with E-state index < -0.39 is 0 Å². The Labute approximate surface area is 154 Å². The molecule has 2 aliphatic heterocycles. The van der Waals surface area contributed by atoms with Crippen molar-refractivity contribution in [3.05, 3.63) is 57.8 Å². The quantitative estimate of drug-likeness (QED) is 0.835. The molecule has 0 N–H and O–H groups in total. The first-order chi connectivity index (χ1) is 12.1. The molecule has 1 spiro atoms. The molecule has 2 saturated heterocycles. The van der Waals surface area contributed by atoms with Gasteiger partial charge >= 0.3 is 0 Å². The third-order valence-corrected chi connectivity index (χ3v) is 7.01. The molecule has 1 aromatic carbocycles. The molecule has 0 saturated carbocycles. The second-order valence-corrected chi connectivity index (χ2v) is 8.97. The summed E-state index contributed by atoms with van der Waals surface area (Å²) in [6.45, 7) is 6.07. The highest BCUT2D eigenvalue weighted by Gasteiger charge is 2.54. The maximum atomic E-state index is 13.0. The van der Waals surface area contributed by atoms with Gasteiger partial charge in [0.1, 0.15) is 0 Å². The van der Waals surface area contributed by atoms with Crippen molar-refractivity contribution in [1.29, 1.82) is 0 Å². The molecule has 132 valence electrons. The fraction of sp³-hybridized carbons (Fsp3) is 0.476. The molecule has 1 atom stereocenters. The lowest BCUT2D eigenvalue weighted by Gasteiger charge is -2.41. The lowest BCUT2D eigenvalue weighted by Crippen LogP contribution is -2.45. The highest BCUT2D eigenvalue weighted by atomic mass is 32.1. The van der Waals surface area contributed by atoms with Crippen LogP contribution in [0.1, 0.15) is 34.1 Å². The molecule has 0 aliphatic carbocycles. The van der Waals surface area contributed by atoms with E-state index in [1.54, 1.807) is 0 Å². The first kappa shape index (κ1) is 16.8. The van der Waals surface area contributed by atoms with E-state index >= 15 is 0 Å². The standard InChI is InChI=1S/C21H26N2OS/c1-16-8-9-18(25-16)14-23-12-10-21(11-13-23)19(15-22(2)20(21)24)17-6-4-3-5-7-17/h3-9,19H,10-15H2,1-2H3/t19-/m1/s1. The highest BCUT2D eigenvalue weighted by molar-refractivity contribution is 7.11. The molecule has 4 rings (SSSR count). The molecule has 0 radical (unpaired) electrons. The number of hydrogen-bond acceptors (Lipinski definition) is 3. The molecule has 3 heterocycles. The summed E-state index contributed by atoms with van der Waals surface area (Å²) in [6, 6.07) is 15.1. The fourth-order valence-electron chi connectivity index (χ4n) is 4.63. The Balaban J connectivity index is 1.51. The summed E-state index contributed by atoms with van der Waals surface area (Å²) in [5, 5.41) is 0. The van der Waals surface area contributed by atoms with Gasteiger partial charge in [-0.3, -0.25) is 9.69 Å². The summed E-state index contributed by atoms with van der Waals surface area (Å²) in [6.07, 6.45) is 1.94.